The molecule has 2 N–H and O–H groups in total. The minimum atomic E-state index is 0.455. The number of rotatable bonds is 12. The van der Waals surface area contributed by atoms with Crippen LogP contribution in [-0.4, -0.2) is 6.04 Å². The first-order valence-electron chi connectivity index (χ1n) is 10.4. The average molecular weight is 310 g/mol. The molecule has 22 heavy (non-hydrogen) atoms. The molecule has 0 aromatic carbocycles. The van der Waals surface area contributed by atoms with Gasteiger partial charge in [-0.3, -0.25) is 0 Å². The Bertz CT molecular complexity index is 242. The third-order valence-corrected chi connectivity index (χ3v) is 5.90. The Morgan fingerprint density at radius 2 is 1.45 bits per heavy atom. The molecule has 1 fully saturated rings. The molecule has 2 unspecified atom stereocenters. The van der Waals surface area contributed by atoms with Crippen molar-refractivity contribution in [3.05, 3.63) is 0 Å². The van der Waals surface area contributed by atoms with Crippen LogP contribution in [0.25, 0.3) is 0 Å². The summed E-state index contributed by atoms with van der Waals surface area (Å²) in [5.41, 5.74) is 6.15. The van der Waals surface area contributed by atoms with Gasteiger partial charge in [-0.2, -0.15) is 0 Å². The normalized spacial score (nSPS) is 25.1. The summed E-state index contributed by atoms with van der Waals surface area (Å²) in [6.07, 6.45) is 19.7. The van der Waals surface area contributed by atoms with Crippen LogP contribution in [0.4, 0.5) is 0 Å². The van der Waals surface area contributed by atoms with Gasteiger partial charge in [-0.25, -0.2) is 0 Å². The van der Waals surface area contributed by atoms with Crippen molar-refractivity contribution < 1.29 is 0 Å². The van der Waals surface area contributed by atoms with Gasteiger partial charge in [0.25, 0.3) is 0 Å². The van der Waals surface area contributed by atoms with Gasteiger partial charge >= 0.3 is 0 Å². The molecular formula is C21H43N. The van der Waals surface area contributed by atoms with Gasteiger partial charge in [-0.1, -0.05) is 97.8 Å². The van der Waals surface area contributed by atoms with E-state index in [9.17, 15) is 0 Å². The van der Waals surface area contributed by atoms with E-state index in [-0.39, 0.29) is 0 Å². The highest BCUT2D eigenvalue weighted by atomic mass is 14.6. The first-order valence-corrected chi connectivity index (χ1v) is 10.4. The zero-order chi connectivity index (χ0) is 16.2. The Balaban J connectivity index is 2.12. The lowest BCUT2D eigenvalue weighted by atomic mass is 9.80. The van der Waals surface area contributed by atoms with Crippen LogP contribution in [0, 0.1) is 17.8 Å². The van der Waals surface area contributed by atoms with Crippen LogP contribution in [-0.2, 0) is 0 Å². The molecule has 0 aromatic rings. The molecule has 1 rings (SSSR count). The van der Waals surface area contributed by atoms with E-state index >= 15 is 0 Å². The molecule has 1 aliphatic rings. The first-order chi connectivity index (χ1) is 10.7. The summed E-state index contributed by atoms with van der Waals surface area (Å²) in [6.45, 7) is 7.01. The summed E-state index contributed by atoms with van der Waals surface area (Å²) in [7, 11) is 0. The van der Waals surface area contributed by atoms with Gasteiger partial charge in [0.15, 0.2) is 0 Å². The van der Waals surface area contributed by atoms with Gasteiger partial charge < -0.3 is 5.73 Å². The molecule has 0 saturated heterocycles. The largest absolute Gasteiger partial charge is 0.328 e. The smallest absolute Gasteiger partial charge is 0.00387 e. The maximum Gasteiger partial charge on any atom is 0.00387 e. The average Bonchev–Trinajstić information content (AvgIpc) is 2.49. The molecule has 0 spiro atoms. The van der Waals surface area contributed by atoms with Crippen LogP contribution in [0.5, 0.6) is 0 Å². The van der Waals surface area contributed by atoms with Gasteiger partial charge in [-0.05, 0) is 30.6 Å². The third kappa shape index (κ3) is 9.18. The summed E-state index contributed by atoms with van der Waals surface area (Å²) in [4.78, 5) is 0. The monoisotopic (exact) mass is 309 g/mol. The lowest BCUT2D eigenvalue weighted by Crippen LogP contribution is -2.19. The molecule has 2 atom stereocenters. The first kappa shape index (κ1) is 20.0. The fourth-order valence-electron chi connectivity index (χ4n) is 4.34. The standard InChI is InChI=1S/C21H43N/c1-4-8-19(12-7-13-21(22)9-5-2)10-6-11-20-16-14-18(3)15-17-20/h18-21H,4-17,22H2,1-3H3. The molecule has 0 amide bonds. The molecule has 0 bridgehead atoms. The van der Waals surface area contributed by atoms with Crippen LogP contribution >= 0.6 is 0 Å². The highest BCUT2D eigenvalue weighted by Gasteiger charge is 2.18. The fraction of sp³-hybridized carbons (Fsp3) is 1.00. The minimum absolute atomic E-state index is 0.455. The van der Waals surface area contributed by atoms with E-state index in [2.05, 4.69) is 20.8 Å². The summed E-state index contributed by atoms with van der Waals surface area (Å²) < 4.78 is 0. The quantitative estimate of drug-likeness (QED) is 0.426. The maximum absolute atomic E-state index is 6.15. The van der Waals surface area contributed by atoms with Gasteiger partial charge in [0, 0.05) is 6.04 Å². The molecule has 1 heteroatoms. The van der Waals surface area contributed by atoms with E-state index < -0.39 is 0 Å². The summed E-state index contributed by atoms with van der Waals surface area (Å²) in [5.74, 6) is 3.02. The van der Waals surface area contributed by atoms with Crippen molar-refractivity contribution in [1.82, 2.24) is 0 Å². The molecule has 0 heterocycles. The van der Waals surface area contributed by atoms with Crippen LogP contribution in [0.15, 0.2) is 0 Å². The molecule has 0 aromatic heterocycles. The second-order valence-corrected chi connectivity index (χ2v) is 8.19. The lowest BCUT2D eigenvalue weighted by Gasteiger charge is -2.26. The SMILES string of the molecule is CCCC(N)CCCC(CCC)CCCC1CCC(C)CC1. The van der Waals surface area contributed by atoms with Crippen LogP contribution in [0.1, 0.15) is 111 Å². The molecule has 0 aliphatic heterocycles. The predicted molar refractivity (Wildman–Crippen MR) is 100 cm³/mol. The van der Waals surface area contributed by atoms with E-state index in [0.717, 1.165) is 17.8 Å². The van der Waals surface area contributed by atoms with Crippen molar-refractivity contribution in [3.63, 3.8) is 0 Å². The number of nitrogens with two attached hydrogens (primary N) is 1. The highest BCUT2D eigenvalue weighted by molar-refractivity contribution is 4.71. The lowest BCUT2D eigenvalue weighted by molar-refractivity contribution is 0.263. The van der Waals surface area contributed by atoms with Gasteiger partial charge in [0.2, 0.25) is 0 Å². The Kier molecular flexibility index (Phi) is 11.3. The summed E-state index contributed by atoms with van der Waals surface area (Å²) in [5, 5.41) is 0. The molecule has 1 saturated carbocycles. The predicted octanol–water partition coefficient (Wildman–Crippen LogP) is 6.70. The summed E-state index contributed by atoms with van der Waals surface area (Å²) in [6, 6.07) is 0.455. The van der Waals surface area contributed by atoms with Gasteiger partial charge in [-0.15, -0.1) is 0 Å². The van der Waals surface area contributed by atoms with Crippen LogP contribution in [0.3, 0.4) is 0 Å². The Labute approximate surface area is 140 Å². The second-order valence-electron chi connectivity index (χ2n) is 8.19. The molecule has 132 valence electrons. The van der Waals surface area contributed by atoms with E-state index in [0.29, 0.717) is 6.04 Å². The zero-order valence-electron chi connectivity index (χ0n) is 15.8. The van der Waals surface area contributed by atoms with Gasteiger partial charge in [0.05, 0.1) is 0 Å². The number of hydrogen-bond donors (Lipinski definition) is 1. The van der Waals surface area contributed by atoms with E-state index in [1.54, 1.807) is 0 Å². The van der Waals surface area contributed by atoms with Gasteiger partial charge in [0.1, 0.15) is 0 Å². The van der Waals surface area contributed by atoms with E-state index in [1.165, 1.54) is 89.9 Å². The molecule has 1 nitrogen and oxygen atoms in total. The Morgan fingerprint density at radius 3 is 2.09 bits per heavy atom. The molecular weight excluding hydrogens is 266 g/mol. The van der Waals surface area contributed by atoms with Crippen molar-refractivity contribution in [2.75, 3.05) is 0 Å². The van der Waals surface area contributed by atoms with E-state index in [4.69, 9.17) is 5.73 Å². The second kappa shape index (κ2) is 12.4. The van der Waals surface area contributed by atoms with Crippen molar-refractivity contribution in [3.8, 4) is 0 Å². The third-order valence-electron chi connectivity index (χ3n) is 5.90. The van der Waals surface area contributed by atoms with Crippen molar-refractivity contribution in [1.29, 1.82) is 0 Å². The molecule has 1 aliphatic carbocycles. The maximum atomic E-state index is 6.15. The zero-order valence-corrected chi connectivity index (χ0v) is 15.8. The van der Waals surface area contributed by atoms with Crippen LogP contribution in [0.2, 0.25) is 0 Å². The topological polar surface area (TPSA) is 26.0 Å². The highest BCUT2D eigenvalue weighted by Crippen LogP contribution is 2.32. The number of hydrogen-bond acceptors (Lipinski definition) is 1. The minimum Gasteiger partial charge on any atom is -0.328 e. The summed E-state index contributed by atoms with van der Waals surface area (Å²) >= 11 is 0. The van der Waals surface area contributed by atoms with Crippen molar-refractivity contribution >= 4 is 0 Å². The van der Waals surface area contributed by atoms with Crippen molar-refractivity contribution in [2.45, 2.75) is 117 Å². The van der Waals surface area contributed by atoms with Crippen LogP contribution < -0.4 is 5.73 Å². The van der Waals surface area contributed by atoms with Crippen molar-refractivity contribution in [2.24, 2.45) is 23.5 Å². The fourth-order valence-corrected chi connectivity index (χ4v) is 4.34. The Hall–Kier alpha value is -0.0400. The van der Waals surface area contributed by atoms with E-state index in [1.807, 2.05) is 0 Å². The molecule has 0 radical (unpaired) electrons. The Morgan fingerprint density at radius 1 is 0.818 bits per heavy atom.